The van der Waals surface area contributed by atoms with Crippen LogP contribution in [0.5, 0.6) is 5.75 Å². The zero-order chi connectivity index (χ0) is 11.3. The van der Waals surface area contributed by atoms with E-state index in [1.54, 1.807) is 12.1 Å². The highest BCUT2D eigenvalue weighted by atomic mass is 16.5. The highest BCUT2D eigenvalue weighted by Crippen LogP contribution is 2.18. The fraction of sp³-hybridized carbons (Fsp3) is 0.300. The van der Waals surface area contributed by atoms with E-state index in [0.29, 0.717) is 18.8 Å². The van der Waals surface area contributed by atoms with Crippen LogP contribution in [0.2, 0.25) is 0 Å². The van der Waals surface area contributed by atoms with Crippen molar-refractivity contribution in [3.8, 4) is 5.75 Å². The molecule has 1 aromatic carbocycles. The van der Waals surface area contributed by atoms with Crippen LogP contribution < -0.4 is 5.73 Å². The lowest BCUT2D eigenvalue weighted by atomic mass is 10.1. The molecule has 0 aromatic heterocycles. The van der Waals surface area contributed by atoms with Gasteiger partial charge in [-0.25, -0.2) is 0 Å². The molecule has 1 rings (SSSR count). The smallest absolute Gasteiger partial charge is 0.173 e. The number of aromatic hydroxyl groups is 1. The fourth-order valence-electron chi connectivity index (χ4n) is 1.15. The van der Waals surface area contributed by atoms with E-state index in [0.717, 1.165) is 5.56 Å². The average molecular weight is 210 g/mol. The molecule has 0 aliphatic heterocycles. The van der Waals surface area contributed by atoms with Gasteiger partial charge in [-0.3, -0.25) is 0 Å². The van der Waals surface area contributed by atoms with E-state index in [4.69, 9.17) is 15.7 Å². The SMILES string of the molecule is CCOCc1ccc(O)c(/C(N)=N\O)c1. The van der Waals surface area contributed by atoms with Crippen LogP contribution in [0, 0.1) is 0 Å². The highest BCUT2D eigenvalue weighted by Gasteiger charge is 2.07. The third-order valence-electron chi connectivity index (χ3n) is 1.92. The molecule has 0 spiro atoms. The van der Waals surface area contributed by atoms with Gasteiger partial charge in [-0.15, -0.1) is 0 Å². The molecule has 0 aliphatic rings. The number of amidine groups is 1. The molecule has 0 atom stereocenters. The second-order valence-corrected chi connectivity index (χ2v) is 2.97. The molecule has 0 aliphatic carbocycles. The number of hydrogen-bond acceptors (Lipinski definition) is 4. The van der Waals surface area contributed by atoms with Crippen LogP contribution in [0.15, 0.2) is 23.4 Å². The molecule has 0 saturated heterocycles. The molecular weight excluding hydrogens is 196 g/mol. The first-order chi connectivity index (χ1) is 7.19. The predicted molar refractivity (Wildman–Crippen MR) is 55.9 cm³/mol. The summed E-state index contributed by atoms with van der Waals surface area (Å²) in [4.78, 5) is 0. The Hall–Kier alpha value is -1.75. The monoisotopic (exact) mass is 210 g/mol. The minimum Gasteiger partial charge on any atom is -0.507 e. The summed E-state index contributed by atoms with van der Waals surface area (Å²) in [6.07, 6.45) is 0. The molecule has 15 heavy (non-hydrogen) atoms. The van der Waals surface area contributed by atoms with Gasteiger partial charge in [0.2, 0.25) is 0 Å². The van der Waals surface area contributed by atoms with Crippen LogP contribution in [0.3, 0.4) is 0 Å². The van der Waals surface area contributed by atoms with Gasteiger partial charge in [0.1, 0.15) is 5.75 Å². The van der Waals surface area contributed by atoms with Crippen molar-refractivity contribution < 1.29 is 15.1 Å². The van der Waals surface area contributed by atoms with E-state index in [-0.39, 0.29) is 11.6 Å². The topological polar surface area (TPSA) is 88.1 Å². The molecule has 0 saturated carbocycles. The number of benzene rings is 1. The van der Waals surface area contributed by atoms with Gasteiger partial charge < -0.3 is 20.8 Å². The Labute approximate surface area is 87.8 Å². The summed E-state index contributed by atoms with van der Waals surface area (Å²) in [6.45, 7) is 2.94. The first kappa shape index (κ1) is 11.3. The van der Waals surface area contributed by atoms with Crippen molar-refractivity contribution in [2.75, 3.05) is 6.61 Å². The maximum Gasteiger partial charge on any atom is 0.173 e. The van der Waals surface area contributed by atoms with E-state index in [1.165, 1.54) is 6.07 Å². The Kier molecular flexibility index (Phi) is 3.93. The van der Waals surface area contributed by atoms with Gasteiger partial charge in [-0.2, -0.15) is 0 Å². The number of nitrogens with zero attached hydrogens (tertiary/aromatic N) is 1. The van der Waals surface area contributed by atoms with E-state index in [9.17, 15) is 5.11 Å². The van der Waals surface area contributed by atoms with Crippen LogP contribution in [-0.4, -0.2) is 22.8 Å². The van der Waals surface area contributed by atoms with Crippen LogP contribution in [0.25, 0.3) is 0 Å². The number of ether oxygens (including phenoxy) is 1. The summed E-state index contributed by atoms with van der Waals surface area (Å²) in [5, 5.41) is 20.8. The Morgan fingerprint density at radius 2 is 2.27 bits per heavy atom. The molecule has 0 radical (unpaired) electrons. The number of rotatable bonds is 4. The molecule has 82 valence electrons. The Morgan fingerprint density at radius 1 is 1.53 bits per heavy atom. The van der Waals surface area contributed by atoms with Crippen LogP contribution in [0.1, 0.15) is 18.1 Å². The summed E-state index contributed by atoms with van der Waals surface area (Å²) in [5.41, 5.74) is 6.55. The van der Waals surface area contributed by atoms with Crippen LogP contribution in [0.4, 0.5) is 0 Å². The lowest BCUT2D eigenvalue weighted by Gasteiger charge is -2.06. The van der Waals surface area contributed by atoms with E-state index in [2.05, 4.69) is 5.16 Å². The van der Waals surface area contributed by atoms with Crippen molar-refractivity contribution in [2.24, 2.45) is 10.9 Å². The van der Waals surface area contributed by atoms with Gasteiger partial charge in [0, 0.05) is 6.61 Å². The van der Waals surface area contributed by atoms with E-state index in [1.807, 2.05) is 6.92 Å². The summed E-state index contributed by atoms with van der Waals surface area (Å²) >= 11 is 0. The van der Waals surface area contributed by atoms with Gasteiger partial charge in [-0.1, -0.05) is 11.2 Å². The molecule has 5 nitrogen and oxygen atoms in total. The van der Waals surface area contributed by atoms with E-state index < -0.39 is 0 Å². The van der Waals surface area contributed by atoms with Crippen LogP contribution in [-0.2, 0) is 11.3 Å². The van der Waals surface area contributed by atoms with Crippen molar-refractivity contribution in [3.63, 3.8) is 0 Å². The summed E-state index contributed by atoms with van der Waals surface area (Å²) in [5.74, 6) is -0.142. The zero-order valence-corrected chi connectivity index (χ0v) is 8.47. The Morgan fingerprint density at radius 3 is 2.87 bits per heavy atom. The normalized spacial score (nSPS) is 11.7. The van der Waals surface area contributed by atoms with Gasteiger partial charge in [0.25, 0.3) is 0 Å². The summed E-state index contributed by atoms with van der Waals surface area (Å²) < 4.78 is 5.20. The maximum absolute atomic E-state index is 9.45. The van der Waals surface area contributed by atoms with E-state index >= 15 is 0 Å². The molecule has 5 heteroatoms. The fourth-order valence-corrected chi connectivity index (χ4v) is 1.15. The third kappa shape index (κ3) is 2.85. The van der Waals surface area contributed by atoms with Crippen molar-refractivity contribution in [3.05, 3.63) is 29.3 Å². The van der Waals surface area contributed by atoms with Crippen molar-refractivity contribution in [2.45, 2.75) is 13.5 Å². The molecule has 0 bridgehead atoms. The van der Waals surface area contributed by atoms with Crippen LogP contribution >= 0.6 is 0 Å². The molecule has 0 unspecified atom stereocenters. The molecular formula is C10H14N2O3. The third-order valence-corrected chi connectivity index (χ3v) is 1.92. The minimum atomic E-state index is -0.120. The van der Waals surface area contributed by atoms with Gasteiger partial charge in [-0.05, 0) is 24.6 Å². The first-order valence-corrected chi connectivity index (χ1v) is 4.56. The first-order valence-electron chi connectivity index (χ1n) is 4.56. The van der Waals surface area contributed by atoms with Gasteiger partial charge >= 0.3 is 0 Å². The number of oxime groups is 1. The largest absolute Gasteiger partial charge is 0.507 e. The van der Waals surface area contributed by atoms with Gasteiger partial charge in [0.15, 0.2) is 5.84 Å². The molecule has 1 aromatic rings. The number of phenolic OH excluding ortho intramolecular Hbond substituents is 1. The highest BCUT2D eigenvalue weighted by molar-refractivity contribution is 5.99. The lowest BCUT2D eigenvalue weighted by Crippen LogP contribution is -2.13. The number of phenols is 1. The summed E-state index contributed by atoms with van der Waals surface area (Å²) in [6, 6.07) is 4.83. The molecule has 0 amide bonds. The quantitative estimate of drug-likeness (QED) is 0.299. The standard InChI is InChI=1S/C10H14N2O3/c1-2-15-6-7-3-4-9(13)8(5-7)10(11)12-14/h3-5,13-14H,2,6H2,1H3,(H2,11,12). The molecule has 0 heterocycles. The maximum atomic E-state index is 9.45. The number of nitrogens with two attached hydrogens (primary N) is 1. The predicted octanol–water partition coefficient (Wildman–Crippen LogP) is 1.02. The second kappa shape index (κ2) is 5.21. The Bertz CT molecular complexity index is 364. The van der Waals surface area contributed by atoms with Gasteiger partial charge in [0.05, 0.1) is 12.2 Å². The van der Waals surface area contributed by atoms with Crippen molar-refractivity contribution >= 4 is 5.84 Å². The second-order valence-electron chi connectivity index (χ2n) is 2.97. The average Bonchev–Trinajstić information content (AvgIpc) is 2.27. The lowest BCUT2D eigenvalue weighted by molar-refractivity contribution is 0.134. The van der Waals surface area contributed by atoms with Crippen molar-refractivity contribution in [1.82, 2.24) is 0 Å². The minimum absolute atomic E-state index is 0.0226. The molecule has 4 N–H and O–H groups in total. The zero-order valence-electron chi connectivity index (χ0n) is 8.47. The van der Waals surface area contributed by atoms with Crippen molar-refractivity contribution in [1.29, 1.82) is 0 Å². The summed E-state index contributed by atoms with van der Waals surface area (Å²) in [7, 11) is 0. The number of hydrogen-bond donors (Lipinski definition) is 3. The molecule has 0 fully saturated rings. The Balaban J connectivity index is 2.95.